The molecule has 1 aliphatic carbocycles. The molecule has 0 bridgehead atoms. The lowest BCUT2D eigenvalue weighted by Crippen LogP contribution is -2.57. The molecule has 8 nitrogen and oxygen atoms in total. The Morgan fingerprint density at radius 1 is 0.925 bits per heavy atom. The minimum Gasteiger partial charge on any atom is -0.508 e. The van der Waals surface area contributed by atoms with Crippen molar-refractivity contribution >= 4 is 11.9 Å². The van der Waals surface area contributed by atoms with E-state index in [1.165, 1.54) is 19.4 Å². The van der Waals surface area contributed by atoms with E-state index >= 15 is 0 Å². The number of aromatic hydroxyl groups is 1. The minimum absolute atomic E-state index is 0.0392. The van der Waals surface area contributed by atoms with Crippen molar-refractivity contribution in [3.63, 3.8) is 0 Å². The highest BCUT2D eigenvalue weighted by Gasteiger charge is 2.37. The standard InChI is InChI=1S/C32H44N4O4/c1-23-21-36(24(2)20-35(23)22-25-11-12-25)31(27-7-4-9-29(37)19-27)26-6-3-8-28(18-26)32(40)34-16-14-33(15-17-34)13-5-10-30(38)39/h3-4,6-9,18-19,23-25,31,37H,5,10-17,20-22H2,1-2H3,(H,38,39)/t23-,24+,31?/m1/s1. The number of aliphatic carboxylic acids is 1. The zero-order chi connectivity index (χ0) is 28.2. The van der Waals surface area contributed by atoms with Crippen molar-refractivity contribution in [3.8, 4) is 5.75 Å². The van der Waals surface area contributed by atoms with Gasteiger partial charge in [0.25, 0.3) is 5.91 Å². The molecule has 2 aromatic carbocycles. The fourth-order valence-corrected chi connectivity index (χ4v) is 6.39. The number of benzene rings is 2. The quantitative estimate of drug-likeness (QED) is 0.466. The Morgan fingerprint density at radius 2 is 1.62 bits per heavy atom. The number of nitrogens with zero attached hydrogens (tertiary/aromatic N) is 4. The molecule has 1 amide bonds. The summed E-state index contributed by atoms with van der Waals surface area (Å²) in [4.78, 5) is 33.8. The number of hydrogen-bond donors (Lipinski definition) is 2. The van der Waals surface area contributed by atoms with Crippen LogP contribution in [0.2, 0.25) is 0 Å². The molecule has 2 N–H and O–H groups in total. The third kappa shape index (κ3) is 7.03. The summed E-state index contributed by atoms with van der Waals surface area (Å²) in [6.07, 6.45) is 3.52. The van der Waals surface area contributed by atoms with Gasteiger partial charge >= 0.3 is 5.97 Å². The molecule has 0 radical (unpaired) electrons. The van der Waals surface area contributed by atoms with E-state index in [-0.39, 0.29) is 24.1 Å². The Kier molecular flexibility index (Phi) is 9.08. The van der Waals surface area contributed by atoms with Gasteiger partial charge in [-0.3, -0.25) is 24.3 Å². The van der Waals surface area contributed by atoms with Crippen LogP contribution in [0.4, 0.5) is 0 Å². The van der Waals surface area contributed by atoms with Crippen molar-refractivity contribution < 1.29 is 19.8 Å². The highest BCUT2D eigenvalue weighted by atomic mass is 16.4. The average Bonchev–Trinajstić information content (AvgIpc) is 3.76. The molecule has 2 aliphatic heterocycles. The van der Waals surface area contributed by atoms with E-state index < -0.39 is 5.97 Å². The molecule has 40 heavy (non-hydrogen) atoms. The maximum atomic E-state index is 13.6. The van der Waals surface area contributed by atoms with E-state index in [4.69, 9.17) is 5.11 Å². The van der Waals surface area contributed by atoms with Gasteiger partial charge < -0.3 is 15.1 Å². The zero-order valence-corrected chi connectivity index (χ0v) is 23.9. The summed E-state index contributed by atoms with van der Waals surface area (Å²) < 4.78 is 0. The van der Waals surface area contributed by atoms with E-state index in [1.807, 2.05) is 35.2 Å². The Hall–Kier alpha value is -2.94. The van der Waals surface area contributed by atoms with Crippen LogP contribution >= 0.6 is 0 Å². The van der Waals surface area contributed by atoms with Crippen molar-refractivity contribution in [3.05, 3.63) is 65.2 Å². The molecular weight excluding hydrogens is 504 g/mol. The molecule has 3 atom stereocenters. The lowest BCUT2D eigenvalue weighted by atomic mass is 9.92. The van der Waals surface area contributed by atoms with E-state index in [0.29, 0.717) is 37.2 Å². The molecule has 2 saturated heterocycles. The number of carboxylic acid groups (broad SMARTS) is 1. The van der Waals surface area contributed by atoms with E-state index in [2.05, 4.69) is 40.7 Å². The normalized spacial score (nSPS) is 23.7. The molecule has 2 aromatic rings. The number of hydrogen-bond acceptors (Lipinski definition) is 6. The smallest absolute Gasteiger partial charge is 0.303 e. The first kappa shape index (κ1) is 28.6. The van der Waals surface area contributed by atoms with Crippen molar-refractivity contribution in [1.82, 2.24) is 19.6 Å². The van der Waals surface area contributed by atoms with Gasteiger partial charge in [0, 0.05) is 69.9 Å². The van der Waals surface area contributed by atoms with Crippen LogP contribution in [0.5, 0.6) is 5.75 Å². The summed E-state index contributed by atoms with van der Waals surface area (Å²) in [5.41, 5.74) is 2.79. The predicted octanol–water partition coefficient (Wildman–Crippen LogP) is 3.91. The fourth-order valence-electron chi connectivity index (χ4n) is 6.39. The first-order valence-electron chi connectivity index (χ1n) is 14.9. The fraction of sp³-hybridized carbons (Fsp3) is 0.562. The molecule has 0 spiro atoms. The Morgan fingerprint density at radius 3 is 2.30 bits per heavy atom. The number of carbonyl (C=O) groups excluding carboxylic acids is 1. The van der Waals surface area contributed by atoms with Gasteiger partial charge in [-0.25, -0.2) is 0 Å². The van der Waals surface area contributed by atoms with E-state index in [9.17, 15) is 14.7 Å². The third-order valence-corrected chi connectivity index (χ3v) is 8.84. The molecule has 216 valence electrons. The summed E-state index contributed by atoms with van der Waals surface area (Å²) in [5, 5.41) is 19.3. The van der Waals surface area contributed by atoms with Crippen molar-refractivity contribution in [2.45, 2.75) is 57.7 Å². The first-order chi connectivity index (χ1) is 19.3. The predicted molar refractivity (Wildman–Crippen MR) is 156 cm³/mol. The minimum atomic E-state index is -0.762. The van der Waals surface area contributed by atoms with Crippen LogP contribution in [0.1, 0.15) is 67.1 Å². The first-order valence-corrected chi connectivity index (χ1v) is 14.9. The van der Waals surface area contributed by atoms with E-state index in [1.54, 1.807) is 6.07 Å². The monoisotopic (exact) mass is 548 g/mol. The number of carbonyl (C=O) groups is 2. The topological polar surface area (TPSA) is 87.6 Å². The van der Waals surface area contributed by atoms with Gasteiger partial charge in [0.15, 0.2) is 0 Å². The lowest BCUT2D eigenvalue weighted by Gasteiger charge is -2.48. The maximum Gasteiger partial charge on any atom is 0.303 e. The molecule has 8 heteroatoms. The van der Waals surface area contributed by atoms with Gasteiger partial charge in [0.05, 0.1) is 6.04 Å². The van der Waals surface area contributed by atoms with Gasteiger partial charge in [-0.05, 0) is 81.0 Å². The zero-order valence-electron chi connectivity index (χ0n) is 23.9. The van der Waals surface area contributed by atoms with E-state index in [0.717, 1.165) is 49.8 Å². The van der Waals surface area contributed by atoms with Crippen molar-refractivity contribution in [2.75, 3.05) is 52.4 Å². The Balaban J connectivity index is 1.33. The maximum absolute atomic E-state index is 13.6. The molecule has 5 rings (SSSR count). The van der Waals surface area contributed by atoms with Crippen LogP contribution < -0.4 is 0 Å². The van der Waals surface area contributed by atoms with Crippen LogP contribution in [0.25, 0.3) is 0 Å². The van der Waals surface area contributed by atoms with Crippen LogP contribution in [-0.4, -0.2) is 106 Å². The summed E-state index contributed by atoms with van der Waals surface area (Å²) in [6, 6.07) is 16.3. The van der Waals surface area contributed by atoms with Gasteiger partial charge in [0.1, 0.15) is 5.75 Å². The second-order valence-electron chi connectivity index (χ2n) is 12.0. The molecule has 0 aromatic heterocycles. The second-order valence-corrected chi connectivity index (χ2v) is 12.0. The summed E-state index contributed by atoms with van der Waals surface area (Å²) >= 11 is 0. The van der Waals surface area contributed by atoms with Gasteiger partial charge in [0.2, 0.25) is 0 Å². The third-order valence-electron chi connectivity index (χ3n) is 8.84. The number of amides is 1. The molecule has 3 fully saturated rings. The molecule has 1 saturated carbocycles. The van der Waals surface area contributed by atoms with Gasteiger partial charge in [-0.2, -0.15) is 0 Å². The van der Waals surface area contributed by atoms with Crippen LogP contribution in [0.3, 0.4) is 0 Å². The van der Waals surface area contributed by atoms with Crippen molar-refractivity contribution in [2.24, 2.45) is 5.92 Å². The summed E-state index contributed by atoms with van der Waals surface area (Å²) in [5.74, 6) is 0.389. The number of rotatable bonds is 10. The Labute approximate surface area is 238 Å². The number of piperazine rings is 2. The summed E-state index contributed by atoms with van der Waals surface area (Å²) in [6.45, 7) is 11.3. The molecule has 1 unspecified atom stereocenters. The lowest BCUT2D eigenvalue weighted by molar-refractivity contribution is -0.137. The Bertz CT molecular complexity index is 1180. The van der Waals surface area contributed by atoms with Gasteiger partial charge in [-0.1, -0.05) is 24.3 Å². The van der Waals surface area contributed by atoms with Crippen LogP contribution in [0.15, 0.2) is 48.5 Å². The highest BCUT2D eigenvalue weighted by Crippen LogP contribution is 2.37. The summed E-state index contributed by atoms with van der Waals surface area (Å²) in [7, 11) is 0. The molecular formula is C32H44N4O4. The second kappa shape index (κ2) is 12.7. The molecule has 3 aliphatic rings. The largest absolute Gasteiger partial charge is 0.508 e. The average molecular weight is 549 g/mol. The SMILES string of the molecule is C[C@@H]1CN(C(c2cccc(O)c2)c2cccc(C(=O)N3CCN(CCCC(=O)O)CC3)c2)[C@@H](C)CN1CC1CC1. The van der Waals surface area contributed by atoms with Crippen molar-refractivity contribution in [1.29, 1.82) is 0 Å². The molecule has 2 heterocycles. The number of phenols is 1. The van der Waals surface area contributed by atoms with Gasteiger partial charge in [-0.15, -0.1) is 0 Å². The number of carboxylic acids is 1. The highest BCUT2D eigenvalue weighted by molar-refractivity contribution is 5.94. The van der Waals surface area contributed by atoms with Crippen LogP contribution in [0, 0.1) is 5.92 Å². The number of phenolic OH excluding ortho intramolecular Hbond substituents is 1. The van der Waals surface area contributed by atoms with Crippen LogP contribution in [-0.2, 0) is 4.79 Å².